The van der Waals surface area contributed by atoms with Gasteiger partial charge in [-0.3, -0.25) is 0 Å². The van der Waals surface area contributed by atoms with Crippen LogP contribution in [0.4, 0.5) is 0 Å². The lowest BCUT2D eigenvalue weighted by Gasteiger charge is -2.34. The Hall–Kier alpha value is -1.51. The Labute approximate surface area is 148 Å². The van der Waals surface area contributed by atoms with E-state index in [1.165, 1.54) is 6.20 Å². The third-order valence-electron chi connectivity index (χ3n) is 5.01. The second kappa shape index (κ2) is 7.39. The number of ether oxygens (including phenoxy) is 1. The fraction of sp³-hybridized carbons (Fsp3) is 0.647. The van der Waals surface area contributed by atoms with Crippen LogP contribution in [0.25, 0.3) is 11.1 Å². The van der Waals surface area contributed by atoms with Gasteiger partial charge in [-0.05, 0) is 31.7 Å². The zero-order chi connectivity index (χ0) is 18.0. The van der Waals surface area contributed by atoms with Gasteiger partial charge in [0, 0.05) is 12.6 Å². The Kier molecular flexibility index (Phi) is 5.41. The largest absolute Gasteiger partial charge is 0.378 e. The number of aryl methyl sites for hydroxylation is 1. The van der Waals surface area contributed by atoms with Crippen LogP contribution < -0.4 is 4.72 Å². The van der Waals surface area contributed by atoms with Crippen LogP contribution in [0.5, 0.6) is 0 Å². The molecule has 0 radical (unpaired) electrons. The van der Waals surface area contributed by atoms with Crippen molar-refractivity contribution in [3.63, 3.8) is 0 Å². The van der Waals surface area contributed by atoms with Gasteiger partial charge < -0.3 is 9.26 Å². The maximum Gasteiger partial charge on any atom is 0.257 e. The molecule has 0 aliphatic carbocycles. The van der Waals surface area contributed by atoms with Crippen molar-refractivity contribution in [2.75, 3.05) is 6.61 Å². The Morgan fingerprint density at radius 2 is 2.12 bits per heavy atom. The normalized spacial score (nSPS) is 21.9. The van der Waals surface area contributed by atoms with Gasteiger partial charge in [-0.15, -0.1) is 0 Å². The number of sulfonamides is 1. The lowest BCUT2D eigenvalue weighted by atomic mass is 9.89. The minimum Gasteiger partial charge on any atom is -0.378 e. The van der Waals surface area contributed by atoms with Crippen LogP contribution in [-0.2, 0) is 14.8 Å². The van der Waals surface area contributed by atoms with E-state index in [1.54, 1.807) is 13.0 Å². The molecule has 1 fully saturated rings. The lowest BCUT2D eigenvalue weighted by molar-refractivity contribution is -0.0318. The summed E-state index contributed by atoms with van der Waals surface area (Å²) >= 11 is 0. The maximum absolute atomic E-state index is 12.7. The van der Waals surface area contributed by atoms with E-state index < -0.39 is 10.0 Å². The number of hydrogen-bond acceptors (Lipinski definition) is 6. The molecule has 3 heterocycles. The van der Waals surface area contributed by atoms with E-state index in [2.05, 4.69) is 28.7 Å². The predicted octanol–water partition coefficient (Wildman–Crippen LogP) is 2.79. The molecule has 1 saturated heterocycles. The highest BCUT2D eigenvalue weighted by atomic mass is 32.2. The van der Waals surface area contributed by atoms with Crippen LogP contribution in [0.2, 0.25) is 0 Å². The summed E-state index contributed by atoms with van der Waals surface area (Å²) in [6, 6.07) is 1.44. The molecule has 2 unspecified atom stereocenters. The highest BCUT2D eigenvalue weighted by Gasteiger charge is 2.30. The van der Waals surface area contributed by atoms with Crippen molar-refractivity contribution < 1.29 is 17.7 Å². The molecular weight excluding hydrogens is 342 g/mol. The first kappa shape index (κ1) is 18.3. The molecule has 1 aliphatic heterocycles. The summed E-state index contributed by atoms with van der Waals surface area (Å²) in [5.74, 6) is 0.463. The number of rotatable bonds is 6. The monoisotopic (exact) mass is 367 g/mol. The van der Waals surface area contributed by atoms with E-state index in [9.17, 15) is 8.42 Å². The fourth-order valence-electron chi connectivity index (χ4n) is 3.44. The number of nitrogens with zero attached hydrogens (tertiary/aromatic N) is 2. The van der Waals surface area contributed by atoms with Gasteiger partial charge in [0.1, 0.15) is 4.90 Å². The fourth-order valence-corrected chi connectivity index (χ4v) is 4.69. The summed E-state index contributed by atoms with van der Waals surface area (Å²) in [4.78, 5) is 4.19. The Balaban J connectivity index is 1.76. The zero-order valence-electron chi connectivity index (χ0n) is 14.9. The molecular formula is C17H25N3O4S. The van der Waals surface area contributed by atoms with Crippen LogP contribution in [0, 0.1) is 12.8 Å². The van der Waals surface area contributed by atoms with Crippen molar-refractivity contribution in [3.05, 3.63) is 18.0 Å². The third kappa shape index (κ3) is 3.86. The highest BCUT2D eigenvalue weighted by molar-refractivity contribution is 7.89. The number of aromatic nitrogens is 2. The number of pyridine rings is 1. The van der Waals surface area contributed by atoms with Crippen molar-refractivity contribution in [2.45, 2.75) is 63.5 Å². The van der Waals surface area contributed by atoms with Gasteiger partial charge in [-0.1, -0.05) is 31.8 Å². The molecule has 0 spiro atoms. The van der Waals surface area contributed by atoms with E-state index in [-0.39, 0.29) is 17.0 Å². The molecule has 1 aliphatic rings. The minimum atomic E-state index is -3.65. The predicted molar refractivity (Wildman–Crippen MR) is 93.7 cm³/mol. The molecule has 0 saturated carbocycles. The van der Waals surface area contributed by atoms with E-state index >= 15 is 0 Å². The van der Waals surface area contributed by atoms with E-state index in [0.29, 0.717) is 42.2 Å². The van der Waals surface area contributed by atoms with Crippen molar-refractivity contribution in [2.24, 2.45) is 5.92 Å². The van der Waals surface area contributed by atoms with Crippen LogP contribution >= 0.6 is 0 Å². The molecule has 2 aromatic heterocycles. The number of hydrogen-bond donors (Lipinski definition) is 1. The highest BCUT2D eigenvalue weighted by Crippen LogP contribution is 2.26. The molecule has 7 nitrogen and oxygen atoms in total. The van der Waals surface area contributed by atoms with Crippen LogP contribution in [0.3, 0.4) is 0 Å². The topological polar surface area (TPSA) is 94.3 Å². The summed E-state index contributed by atoms with van der Waals surface area (Å²) in [5.41, 5.74) is 0.968. The summed E-state index contributed by atoms with van der Waals surface area (Å²) < 4.78 is 39.2. The standard InChI is InChI=1S/C17H25N3O4S/c1-4-12(5-2)16-8-13(6-7-23-16)20-25(21,22)14-9-15-11(3)19-24-17(15)18-10-14/h9-10,12-13,16,20H,4-8H2,1-3H3. The molecule has 0 bridgehead atoms. The summed E-state index contributed by atoms with van der Waals surface area (Å²) in [6.45, 7) is 6.63. The summed E-state index contributed by atoms with van der Waals surface area (Å²) in [6.07, 6.45) is 4.87. The van der Waals surface area contributed by atoms with Gasteiger partial charge in [0.15, 0.2) is 0 Å². The smallest absolute Gasteiger partial charge is 0.257 e. The third-order valence-corrected chi connectivity index (χ3v) is 6.49. The molecule has 0 amide bonds. The number of nitrogens with one attached hydrogen (secondary N) is 1. The average Bonchev–Trinajstić information content (AvgIpc) is 2.97. The van der Waals surface area contributed by atoms with Crippen LogP contribution in [0.15, 0.2) is 21.7 Å². The Bertz CT molecular complexity index is 830. The van der Waals surface area contributed by atoms with Crippen molar-refractivity contribution in [1.82, 2.24) is 14.9 Å². The average molecular weight is 367 g/mol. The molecule has 0 aromatic carbocycles. The molecule has 2 atom stereocenters. The van der Waals surface area contributed by atoms with Gasteiger partial charge in [0.05, 0.1) is 23.4 Å². The van der Waals surface area contributed by atoms with Gasteiger partial charge in [0.25, 0.3) is 5.71 Å². The minimum absolute atomic E-state index is 0.109. The number of fused-ring (bicyclic) bond motifs is 1. The Morgan fingerprint density at radius 1 is 1.36 bits per heavy atom. The van der Waals surface area contributed by atoms with Crippen molar-refractivity contribution in [1.29, 1.82) is 0 Å². The molecule has 3 rings (SSSR count). The molecule has 138 valence electrons. The maximum atomic E-state index is 12.7. The van der Waals surface area contributed by atoms with E-state index in [0.717, 1.165) is 12.8 Å². The zero-order valence-corrected chi connectivity index (χ0v) is 15.7. The molecule has 2 aromatic rings. The quantitative estimate of drug-likeness (QED) is 0.844. The van der Waals surface area contributed by atoms with Gasteiger partial charge in [-0.2, -0.15) is 0 Å². The van der Waals surface area contributed by atoms with Crippen LogP contribution in [-0.4, -0.2) is 37.3 Å². The van der Waals surface area contributed by atoms with Gasteiger partial charge in [-0.25, -0.2) is 18.1 Å². The second-order valence-corrected chi connectivity index (χ2v) is 8.33. The SMILES string of the molecule is CCC(CC)C1CC(NS(=O)(=O)c2cnc3onc(C)c3c2)CCO1. The van der Waals surface area contributed by atoms with Crippen molar-refractivity contribution >= 4 is 21.1 Å². The van der Waals surface area contributed by atoms with Crippen LogP contribution in [0.1, 0.15) is 45.2 Å². The first-order chi connectivity index (χ1) is 11.9. The first-order valence-corrected chi connectivity index (χ1v) is 10.3. The van der Waals surface area contributed by atoms with Gasteiger partial charge >= 0.3 is 0 Å². The van der Waals surface area contributed by atoms with Crippen molar-refractivity contribution in [3.8, 4) is 0 Å². The molecule has 1 N–H and O–H groups in total. The molecule has 8 heteroatoms. The summed E-state index contributed by atoms with van der Waals surface area (Å²) in [5, 5.41) is 4.43. The molecule has 25 heavy (non-hydrogen) atoms. The first-order valence-electron chi connectivity index (χ1n) is 8.80. The second-order valence-electron chi connectivity index (χ2n) is 6.62. The van der Waals surface area contributed by atoms with E-state index in [1.807, 2.05) is 0 Å². The van der Waals surface area contributed by atoms with E-state index in [4.69, 9.17) is 9.26 Å². The summed E-state index contributed by atoms with van der Waals surface area (Å²) in [7, 11) is -3.65. The Morgan fingerprint density at radius 3 is 2.84 bits per heavy atom. The van der Waals surface area contributed by atoms with Gasteiger partial charge in [0.2, 0.25) is 10.0 Å². The lowest BCUT2D eigenvalue weighted by Crippen LogP contribution is -2.44.